The van der Waals surface area contributed by atoms with Crippen molar-refractivity contribution >= 4 is 29.9 Å². The highest BCUT2D eigenvalue weighted by molar-refractivity contribution is 14.0. The fourth-order valence-electron chi connectivity index (χ4n) is 3.24. The number of aliphatic imine (C=N–C) groups is 1. The highest BCUT2D eigenvalue weighted by atomic mass is 127. The number of halogens is 1. The third-order valence-electron chi connectivity index (χ3n) is 4.83. The number of nitrogens with one attached hydrogen (secondary N) is 2. The van der Waals surface area contributed by atoms with E-state index < -0.39 is 0 Å². The summed E-state index contributed by atoms with van der Waals surface area (Å²) in [5, 5.41) is 6.78. The monoisotopic (exact) mass is 525 g/mol. The standard InChI is InChI=1S/C22H31N5O2.HI/c1-3-23-22(25-15-18-8-9-24-21(14-18)28-2)26-16-19-6-4-5-7-20(19)17-27-10-12-29-13-11-27;/h4-9,14H,3,10-13,15-17H2,1-2H3,(H2,23,25,26);1H. The Balaban J connectivity index is 0.00000320. The first kappa shape index (κ1) is 24.4. The fraction of sp³-hybridized carbons (Fsp3) is 0.455. The number of ether oxygens (including phenoxy) is 2. The molecule has 0 atom stereocenters. The molecule has 0 spiro atoms. The Morgan fingerprint density at radius 3 is 2.67 bits per heavy atom. The second kappa shape index (κ2) is 13.4. The molecule has 0 amide bonds. The number of guanidine groups is 1. The number of benzene rings is 1. The number of rotatable bonds is 8. The molecule has 2 N–H and O–H groups in total. The maximum Gasteiger partial charge on any atom is 0.213 e. The van der Waals surface area contributed by atoms with Gasteiger partial charge in [-0.05, 0) is 29.7 Å². The Morgan fingerprint density at radius 2 is 1.93 bits per heavy atom. The summed E-state index contributed by atoms with van der Waals surface area (Å²) in [7, 11) is 1.62. The third kappa shape index (κ3) is 7.73. The minimum Gasteiger partial charge on any atom is -0.481 e. The van der Waals surface area contributed by atoms with E-state index in [9.17, 15) is 0 Å². The summed E-state index contributed by atoms with van der Waals surface area (Å²) in [5.41, 5.74) is 3.69. The molecule has 1 aromatic carbocycles. The van der Waals surface area contributed by atoms with E-state index in [4.69, 9.17) is 14.5 Å². The van der Waals surface area contributed by atoms with Gasteiger partial charge in [-0.15, -0.1) is 24.0 Å². The van der Waals surface area contributed by atoms with Crippen molar-refractivity contribution in [3.63, 3.8) is 0 Å². The van der Waals surface area contributed by atoms with Crippen LogP contribution in [-0.4, -0.2) is 55.8 Å². The van der Waals surface area contributed by atoms with E-state index in [2.05, 4.69) is 51.7 Å². The number of aromatic nitrogens is 1. The zero-order chi connectivity index (χ0) is 20.3. The van der Waals surface area contributed by atoms with E-state index in [-0.39, 0.29) is 24.0 Å². The Bertz CT molecular complexity index is 797. The van der Waals surface area contributed by atoms with Gasteiger partial charge >= 0.3 is 0 Å². The van der Waals surface area contributed by atoms with Gasteiger partial charge in [0.25, 0.3) is 0 Å². The summed E-state index contributed by atoms with van der Waals surface area (Å²) >= 11 is 0. The molecule has 30 heavy (non-hydrogen) atoms. The lowest BCUT2D eigenvalue weighted by Crippen LogP contribution is -2.38. The summed E-state index contributed by atoms with van der Waals surface area (Å²) in [6, 6.07) is 12.4. The second-order valence-corrected chi connectivity index (χ2v) is 6.91. The minimum atomic E-state index is 0. The van der Waals surface area contributed by atoms with Gasteiger partial charge in [0.2, 0.25) is 5.88 Å². The van der Waals surface area contributed by atoms with E-state index in [0.717, 1.165) is 57.5 Å². The minimum absolute atomic E-state index is 0. The van der Waals surface area contributed by atoms with Crippen molar-refractivity contribution in [2.24, 2.45) is 4.99 Å². The fourth-order valence-corrected chi connectivity index (χ4v) is 3.24. The van der Waals surface area contributed by atoms with Crippen LogP contribution in [0.1, 0.15) is 23.6 Å². The number of morpholine rings is 1. The molecule has 1 aliphatic rings. The number of hydrogen-bond acceptors (Lipinski definition) is 5. The molecular formula is C22H32IN5O2. The molecule has 2 heterocycles. The summed E-state index contributed by atoms with van der Waals surface area (Å²) < 4.78 is 10.6. The Kier molecular flexibility index (Phi) is 10.9. The van der Waals surface area contributed by atoms with Crippen LogP contribution in [0, 0.1) is 0 Å². The third-order valence-corrected chi connectivity index (χ3v) is 4.83. The molecule has 8 heteroatoms. The van der Waals surface area contributed by atoms with Crippen molar-refractivity contribution in [2.75, 3.05) is 40.0 Å². The van der Waals surface area contributed by atoms with Crippen LogP contribution in [0.4, 0.5) is 0 Å². The smallest absolute Gasteiger partial charge is 0.213 e. The second-order valence-electron chi connectivity index (χ2n) is 6.91. The maximum absolute atomic E-state index is 5.46. The van der Waals surface area contributed by atoms with Gasteiger partial charge in [0.1, 0.15) is 0 Å². The van der Waals surface area contributed by atoms with Crippen molar-refractivity contribution < 1.29 is 9.47 Å². The SMILES string of the molecule is CCNC(=NCc1ccnc(OC)c1)NCc1ccccc1CN1CCOCC1.I. The summed E-state index contributed by atoms with van der Waals surface area (Å²) in [5.74, 6) is 1.40. The van der Waals surface area contributed by atoms with Crippen molar-refractivity contribution in [1.82, 2.24) is 20.5 Å². The summed E-state index contributed by atoms with van der Waals surface area (Å²) in [6.07, 6.45) is 1.74. The Morgan fingerprint density at radius 1 is 1.17 bits per heavy atom. The van der Waals surface area contributed by atoms with Crippen molar-refractivity contribution in [3.8, 4) is 5.88 Å². The molecule has 3 rings (SSSR count). The van der Waals surface area contributed by atoms with E-state index >= 15 is 0 Å². The molecule has 7 nitrogen and oxygen atoms in total. The lowest BCUT2D eigenvalue weighted by Gasteiger charge is -2.27. The van der Waals surface area contributed by atoms with Gasteiger partial charge in [-0.25, -0.2) is 9.98 Å². The molecule has 0 aliphatic carbocycles. The molecule has 0 radical (unpaired) electrons. The van der Waals surface area contributed by atoms with Gasteiger partial charge in [-0.2, -0.15) is 0 Å². The molecule has 1 aliphatic heterocycles. The van der Waals surface area contributed by atoms with E-state index in [1.54, 1.807) is 13.3 Å². The molecule has 1 aromatic heterocycles. The van der Waals surface area contributed by atoms with Gasteiger partial charge in [-0.1, -0.05) is 24.3 Å². The van der Waals surface area contributed by atoms with E-state index in [1.165, 1.54) is 11.1 Å². The first-order chi connectivity index (χ1) is 14.3. The topological polar surface area (TPSA) is 71.0 Å². The molecular weight excluding hydrogens is 493 g/mol. The molecule has 0 bridgehead atoms. The largest absolute Gasteiger partial charge is 0.481 e. The number of pyridine rings is 1. The maximum atomic E-state index is 5.46. The Labute approximate surface area is 196 Å². The van der Waals surface area contributed by atoms with Crippen LogP contribution in [0.25, 0.3) is 0 Å². The van der Waals surface area contributed by atoms with Gasteiger partial charge in [-0.3, -0.25) is 4.90 Å². The molecule has 0 saturated carbocycles. The number of hydrogen-bond donors (Lipinski definition) is 2. The van der Waals surface area contributed by atoms with Crippen LogP contribution in [-0.2, 0) is 24.4 Å². The average molecular weight is 525 g/mol. The highest BCUT2D eigenvalue weighted by Crippen LogP contribution is 2.13. The normalized spacial score (nSPS) is 14.7. The average Bonchev–Trinajstić information content (AvgIpc) is 2.77. The predicted molar refractivity (Wildman–Crippen MR) is 130 cm³/mol. The molecule has 2 aromatic rings. The first-order valence-corrected chi connectivity index (χ1v) is 10.2. The first-order valence-electron chi connectivity index (χ1n) is 10.2. The zero-order valence-corrected chi connectivity index (χ0v) is 20.1. The lowest BCUT2D eigenvalue weighted by atomic mass is 10.1. The van der Waals surface area contributed by atoms with Crippen LogP contribution in [0.15, 0.2) is 47.6 Å². The van der Waals surface area contributed by atoms with Crippen molar-refractivity contribution in [2.45, 2.75) is 26.6 Å². The zero-order valence-electron chi connectivity index (χ0n) is 17.8. The molecule has 164 valence electrons. The predicted octanol–water partition coefficient (Wildman–Crippen LogP) is 2.80. The van der Waals surface area contributed by atoms with Crippen LogP contribution >= 0.6 is 24.0 Å². The van der Waals surface area contributed by atoms with Crippen LogP contribution < -0.4 is 15.4 Å². The number of methoxy groups -OCH3 is 1. The van der Waals surface area contributed by atoms with E-state index in [0.29, 0.717) is 12.4 Å². The van der Waals surface area contributed by atoms with Crippen molar-refractivity contribution in [1.29, 1.82) is 0 Å². The quantitative estimate of drug-likeness (QED) is 0.314. The lowest BCUT2D eigenvalue weighted by molar-refractivity contribution is 0.0341. The van der Waals surface area contributed by atoms with Gasteiger partial charge in [0.05, 0.1) is 26.9 Å². The van der Waals surface area contributed by atoms with Crippen LogP contribution in [0.2, 0.25) is 0 Å². The molecule has 1 fully saturated rings. The number of nitrogens with zero attached hydrogens (tertiary/aromatic N) is 3. The highest BCUT2D eigenvalue weighted by Gasteiger charge is 2.12. The van der Waals surface area contributed by atoms with Crippen molar-refractivity contribution in [3.05, 3.63) is 59.3 Å². The van der Waals surface area contributed by atoms with Gasteiger partial charge in [0, 0.05) is 45.0 Å². The van der Waals surface area contributed by atoms with Gasteiger partial charge in [0.15, 0.2) is 5.96 Å². The summed E-state index contributed by atoms with van der Waals surface area (Å²) in [6.45, 7) is 8.72. The Hall–Kier alpha value is -1.91. The van der Waals surface area contributed by atoms with Gasteiger partial charge < -0.3 is 20.1 Å². The molecule has 1 saturated heterocycles. The van der Waals surface area contributed by atoms with Crippen LogP contribution in [0.3, 0.4) is 0 Å². The van der Waals surface area contributed by atoms with Crippen LogP contribution in [0.5, 0.6) is 5.88 Å². The molecule has 0 unspecified atom stereocenters. The summed E-state index contributed by atoms with van der Waals surface area (Å²) in [4.78, 5) is 11.3. The van der Waals surface area contributed by atoms with E-state index in [1.807, 2.05) is 12.1 Å².